The highest BCUT2D eigenvalue weighted by molar-refractivity contribution is 6.56. The number of nitro groups is 1. The summed E-state index contributed by atoms with van der Waals surface area (Å²) in [5.41, 5.74) is -2.56. The van der Waals surface area contributed by atoms with Gasteiger partial charge in [-0.1, -0.05) is 58.0 Å². The molecule has 0 saturated heterocycles. The second-order valence-electron chi connectivity index (χ2n) is 4.93. The summed E-state index contributed by atoms with van der Waals surface area (Å²) in [6, 6.07) is 2.25. The van der Waals surface area contributed by atoms with E-state index < -0.39 is 28.0 Å². The average Bonchev–Trinajstić information content (AvgIpc) is 2.56. The van der Waals surface area contributed by atoms with Crippen molar-refractivity contribution >= 4 is 75.1 Å². The van der Waals surface area contributed by atoms with Crippen LogP contribution in [0.25, 0.3) is 0 Å². The number of nitro benzene ring substituents is 1. The number of alkyl halides is 3. The van der Waals surface area contributed by atoms with Gasteiger partial charge in [0.1, 0.15) is 0 Å². The van der Waals surface area contributed by atoms with Crippen molar-refractivity contribution in [2.75, 3.05) is 11.9 Å². The van der Waals surface area contributed by atoms with Gasteiger partial charge in [-0.15, -0.1) is 0 Å². The van der Waals surface area contributed by atoms with Crippen molar-refractivity contribution in [2.45, 2.75) is 6.18 Å². The number of halogens is 8. The lowest BCUT2D eigenvalue weighted by Crippen LogP contribution is -2.18. The minimum absolute atomic E-state index is 0.132. The van der Waals surface area contributed by atoms with Crippen LogP contribution >= 0.6 is 58.0 Å². The minimum Gasteiger partial charge on any atom is -0.342 e. The summed E-state index contributed by atoms with van der Waals surface area (Å²) in [6.07, 6.45) is -4.88. The van der Waals surface area contributed by atoms with Crippen molar-refractivity contribution in [1.29, 1.82) is 0 Å². The lowest BCUT2D eigenvalue weighted by atomic mass is 10.1. The largest absolute Gasteiger partial charge is 0.418 e. The van der Waals surface area contributed by atoms with Gasteiger partial charge in [-0.05, 0) is 6.07 Å². The van der Waals surface area contributed by atoms with Crippen molar-refractivity contribution in [3.8, 4) is 0 Å². The Morgan fingerprint density at radius 1 is 0.962 bits per heavy atom. The van der Waals surface area contributed by atoms with Gasteiger partial charge in [0.2, 0.25) is 0 Å². The topological polar surface area (TPSA) is 46.4 Å². The summed E-state index contributed by atoms with van der Waals surface area (Å²) < 4.78 is 40.2. The molecule has 0 fully saturated rings. The second-order valence-corrected chi connectivity index (χ2v) is 6.82. The molecule has 0 saturated carbocycles. The van der Waals surface area contributed by atoms with Gasteiger partial charge in [0.25, 0.3) is 5.69 Å². The van der Waals surface area contributed by atoms with Gasteiger partial charge in [0.05, 0.1) is 47.0 Å². The quantitative estimate of drug-likeness (QED) is 0.201. The standard InChI is InChI=1S/C14H6Cl5F3N2O2/c1-23(13-11(18)9(16)8(15)10(17)12(13)19)7-3-2-5(24(25)26)4-6(7)14(20,21)22/h2-4H,1H3. The summed E-state index contributed by atoms with van der Waals surface area (Å²) >= 11 is 29.9. The smallest absolute Gasteiger partial charge is 0.342 e. The van der Waals surface area contributed by atoms with Crippen molar-refractivity contribution in [2.24, 2.45) is 0 Å². The Morgan fingerprint density at radius 3 is 1.85 bits per heavy atom. The zero-order valence-electron chi connectivity index (χ0n) is 12.5. The molecule has 4 nitrogen and oxygen atoms in total. The van der Waals surface area contributed by atoms with Gasteiger partial charge in [0, 0.05) is 19.2 Å². The Labute approximate surface area is 170 Å². The molecular weight excluding hydrogens is 462 g/mol. The molecule has 2 aromatic carbocycles. The van der Waals surface area contributed by atoms with Crippen LogP contribution in [0.3, 0.4) is 0 Å². The van der Waals surface area contributed by atoms with Gasteiger partial charge in [0.15, 0.2) is 0 Å². The zero-order valence-corrected chi connectivity index (χ0v) is 16.2. The highest BCUT2D eigenvalue weighted by Gasteiger charge is 2.37. The molecule has 0 heterocycles. The van der Waals surface area contributed by atoms with E-state index in [-0.39, 0.29) is 30.8 Å². The monoisotopic (exact) mass is 466 g/mol. The van der Waals surface area contributed by atoms with Crippen molar-refractivity contribution in [3.05, 3.63) is 59.0 Å². The van der Waals surface area contributed by atoms with Crippen molar-refractivity contribution in [1.82, 2.24) is 0 Å². The normalized spacial score (nSPS) is 11.6. The number of hydrogen-bond acceptors (Lipinski definition) is 3. The SMILES string of the molecule is CN(c1ccc([N+](=O)[O-])cc1C(F)(F)F)c1c(Cl)c(Cl)c(Cl)c(Cl)c1Cl. The van der Waals surface area contributed by atoms with E-state index in [1.165, 1.54) is 7.05 Å². The first kappa shape index (κ1) is 21.2. The van der Waals surface area contributed by atoms with Crippen molar-refractivity contribution in [3.63, 3.8) is 0 Å². The molecule has 0 radical (unpaired) electrons. The Kier molecular flexibility index (Phi) is 6.09. The third kappa shape index (κ3) is 3.77. The van der Waals surface area contributed by atoms with Crippen LogP contribution in [0.1, 0.15) is 5.56 Å². The van der Waals surface area contributed by atoms with E-state index >= 15 is 0 Å². The van der Waals surface area contributed by atoms with Crippen LogP contribution in [0, 0.1) is 10.1 Å². The molecule has 0 unspecified atom stereocenters. The first-order valence-electron chi connectivity index (χ1n) is 6.48. The molecule has 0 atom stereocenters. The molecule has 0 aromatic heterocycles. The Bertz CT molecular complexity index is 876. The Hall–Kier alpha value is -1.12. The maximum absolute atomic E-state index is 13.4. The first-order chi connectivity index (χ1) is 11.9. The summed E-state index contributed by atoms with van der Waals surface area (Å²) in [7, 11) is 1.23. The maximum Gasteiger partial charge on any atom is 0.418 e. The molecule has 0 aliphatic heterocycles. The van der Waals surface area contributed by atoms with Crippen LogP contribution in [0.4, 0.5) is 30.2 Å². The van der Waals surface area contributed by atoms with Crippen LogP contribution in [0.5, 0.6) is 0 Å². The van der Waals surface area contributed by atoms with E-state index in [9.17, 15) is 23.3 Å². The molecule has 26 heavy (non-hydrogen) atoms. The minimum atomic E-state index is -4.88. The highest BCUT2D eigenvalue weighted by atomic mass is 35.5. The highest BCUT2D eigenvalue weighted by Crippen LogP contribution is 2.51. The lowest BCUT2D eigenvalue weighted by Gasteiger charge is -2.26. The molecule has 0 N–H and O–H groups in total. The molecule has 0 bridgehead atoms. The molecule has 0 amide bonds. The zero-order chi connectivity index (χ0) is 20.0. The van der Waals surface area contributed by atoms with E-state index in [1.54, 1.807) is 0 Å². The molecule has 0 aliphatic carbocycles. The van der Waals surface area contributed by atoms with Crippen molar-refractivity contribution < 1.29 is 18.1 Å². The maximum atomic E-state index is 13.4. The molecular formula is C14H6Cl5F3N2O2. The molecule has 140 valence electrons. The Balaban J connectivity index is 2.76. The number of benzene rings is 2. The third-order valence-electron chi connectivity index (χ3n) is 3.38. The van der Waals surface area contributed by atoms with E-state index in [4.69, 9.17) is 58.0 Å². The van der Waals surface area contributed by atoms with Crippen LogP contribution in [0.15, 0.2) is 18.2 Å². The van der Waals surface area contributed by atoms with E-state index in [2.05, 4.69) is 0 Å². The predicted octanol–water partition coefficient (Wildman–Crippen LogP) is 7.65. The number of hydrogen-bond donors (Lipinski definition) is 0. The molecule has 12 heteroatoms. The van der Waals surface area contributed by atoms with E-state index in [0.717, 1.165) is 17.0 Å². The molecule has 2 rings (SSSR count). The number of rotatable bonds is 3. The number of nitrogens with zero attached hydrogens (tertiary/aromatic N) is 2. The van der Waals surface area contributed by atoms with Crippen LogP contribution < -0.4 is 4.90 Å². The fourth-order valence-corrected chi connectivity index (χ4v) is 3.55. The molecule has 0 aliphatic rings. The summed E-state index contributed by atoms with van der Waals surface area (Å²) in [5, 5.41) is 9.81. The first-order valence-corrected chi connectivity index (χ1v) is 8.37. The second kappa shape index (κ2) is 7.48. The summed E-state index contributed by atoms with van der Waals surface area (Å²) in [6.45, 7) is 0. The van der Waals surface area contributed by atoms with E-state index in [1.807, 2.05) is 0 Å². The summed E-state index contributed by atoms with van der Waals surface area (Å²) in [4.78, 5) is 10.8. The van der Waals surface area contributed by atoms with Crippen LogP contribution in [-0.4, -0.2) is 12.0 Å². The number of non-ortho nitro benzene ring substituents is 1. The Morgan fingerprint density at radius 2 is 1.42 bits per heavy atom. The van der Waals surface area contributed by atoms with Gasteiger partial charge in [-0.25, -0.2) is 0 Å². The average molecular weight is 468 g/mol. The fraction of sp³-hybridized carbons (Fsp3) is 0.143. The van der Waals surface area contributed by atoms with Crippen LogP contribution in [-0.2, 0) is 6.18 Å². The van der Waals surface area contributed by atoms with Gasteiger partial charge < -0.3 is 4.90 Å². The molecule has 2 aromatic rings. The fourth-order valence-electron chi connectivity index (χ4n) is 2.17. The lowest BCUT2D eigenvalue weighted by molar-refractivity contribution is -0.385. The number of anilines is 2. The molecule has 0 spiro atoms. The van der Waals surface area contributed by atoms with Gasteiger partial charge in [-0.2, -0.15) is 13.2 Å². The van der Waals surface area contributed by atoms with E-state index in [0.29, 0.717) is 6.07 Å². The van der Waals surface area contributed by atoms with Crippen LogP contribution in [0.2, 0.25) is 25.1 Å². The van der Waals surface area contributed by atoms with Gasteiger partial charge >= 0.3 is 6.18 Å². The van der Waals surface area contributed by atoms with Gasteiger partial charge in [-0.3, -0.25) is 10.1 Å². The predicted molar refractivity (Wildman–Crippen MR) is 97.7 cm³/mol. The third-order valence-corrected chi connectivity index (χ3v) is 5.64. The summed E-state index contributed by atoms with van der Waals surface area (Å²) in [5.74, 6) is 0.